The number of hydrogen-bond donors (Lipinski definition) is 2. The number of benzene rings is 2. The first-order chi connectivity index (χ1) is 15.3. The summed E-state index contributed by atoms with van der Waals surface area (Å²) >= 11 is 0. The number of Topliss-reactive ketones (excluding diaryl/α,β-unsaturated/α-hetero) is 1. The average Bonchev–Trinajstić information content (AvgIpc) is 2.77. The standard InChI is InChI=1S/C23H23N3O5S/c1-15-6-8-16(9-7-15)32(30,31)26-13-12-24-23(29)20(26)14-22(28)25-19-10-11-21(27)18-5-3-2-4-17(18)19/h2-9,12-13,19-20H,10-11,14H2,1H3,(H,24,29)(H,25,28)/t19-,20-/m1/s1. The van der Waals surface area contributed by atoms with Crippen LogP contribution in [0, 0.1) is 6.92 Å². The second kappa shape index (κ2) is 8.58. The predicted molar refractivity (Wildman–Crippen MR) is 117 cm³/mol. The molecule has 1 aliphatic carbocycles. The Morgan fingerprint density at radius 2 is 1.84 bits per heavy atom. The van der Waals surface area contributed by atoms with E-state index in [2.05, 4.69) is 10.6 Å². The zero-order chi connectivity index (χ0) is 22.9. The summed E-state index contributed by atoms with van der Waals surface area (Å²) in [5.74, 6) is -1.03. The van der Waals surface area contributed by atoms with Crippen LogP contribution in [0.5, 0.6) is 0 Å². The minimum absolute atomic E-state index is 0.0262. The first-order valence-electron chi connectivity index (χ1n) is 10.3. The molecule has 0 radical (unpaired) electrons. The Labute approximate surface area is 186 Å². The number of ketones is 1. The highest BCUT2D eigenvalue weighted by Crippen LogP contribution is 2.30. The van der Waals surface area contributed by atoms with E-state index in [1.807, 2.05) is 6.92 Å². The summed E-state index contributed by atoms with van der Waals surface area (Å²) in [6.07, 6.45) is 2.90. The smallest absolute Gasteiger partial charge is 0.264 e. The highest BCUT2D eigenvalue weighted by Gasteiger charge is 2.37. The highest BCUT2D eigenvalue weighted by molar-refractivity contribution is 7.89. The summed E-state index contributed by atoms with van der Waals surface area (Å²) in [6, 6.07) is 11.8. The molecule has 0 saturated carbocycles. The number of nitrogens with zero attached hydrogens (tertiary/aromatic N) is 1. The monoisotopic (exact) mass is 453 g/mol. The molecule has 0 fully saturated rings. The highest BCUT2D eigenvalue weighted by atomic mass is 32.2. The lowest BCUT2D eigenvalue weighted by Crippen LogP contribution is -2.51. The van der Waals surface area contributed by atoms with Crippen LogP contribution < -0.4 is 10.6 Å². The second-order valence-electron chi connectivity index (χ2n) is 7.86. The van der Waals surface area contributed by atoms with Crippen molar-refractivity contribution in [1.29, 1.82) is 0 Å². The summed E-state index contributed by atoms with van der Waals surface area (Å²) < 4.78 is 27.2. The third-order valence-electron chi connectivity index (χ3n) is 5.66. The van der Waals surface area contributed by atoms with Crippen molar-refractivity contribution in [3.63, 3.8) is 0 Å². The van der Waals surface area contributed by atoms with Gasteiger partial charge in [-0.15, -0.1) is 0 Å². The topological polar surface area (TPSA) is 113 Å². The number of sulfonamides is 1. The molecule has 0 aromatic heterocycles. The third kappa shape index (κ3) is 4.16. The molecule has 0 spiro atoms. The summed E-state index contributed by atoms with van der Waals surface area (Å²) in [6.45, 7) is 1.84. The van der Waals surface area contributed by atoms with Gasteiger partial charge in [-0.2, -0.15) is 0 Å². The largest absolute Gasteiger partial charge is 0.349 e. The molecule has 0 unspecified atom stereocenters. The number of fused-ring (bicyclic) bond motifs is 1. The van der Waals surface area contributed by atoms with Gasteiger partial charge in [-0.05, 0) is 31.0 Å². The number of nitrogens with one attached hydrogen (secondary N) is 2. The van der Waals surface area contributed by atoms with Crippen molar-refractivity contribution in [3.8, 4) is 0 Å². The lowest BCUT2D eigenvalue weighted by molar-refractivity contribution is -0.129. The van der Waals surface area contributed by atoms with Gasteiger partial charge in [0.05, 0.1) is 17.4 Å². The number of rotatable bonds is 5. The molecule has 0 saturated heterocycles. The fraction of sp³-hybridized carbons (Fsp3) is 0.261. The molecule has 8 nitrogen and oxygen atoms in total. The Morgan fingerprint density at radius 1 is 1.12 bits per heavy atom. The Hall–Kier alpha value is -3.46. The van der Waals surface area contributed by atoms with Crippen LogP contribution >= 0.6 is 0 Å². The van der Waals surface area contributed by atoms with E-state index in [0.29, 0.717) is 18.4 Å². The van der Waals surface area contributed by atoms with Gasteiger partial charge >= 0.3 is 0 Å². The van der Waals surface area contributed by atoms with E-state index < -0.39 is 27.9 Å². The van der Waals surface area contributed by atoms with Crippen LogP contribution in [0.4, 0.5) is 0 Å². The van der Waals surface area contributed by atoms with Crippen molar-refractivity contribution in [2.24, 2.45) is 0 Å². The van der Waals surface area contributed by atoms with E-state index in [1.54, 1.807) is 36.4 Å². The van der Waals surface area contributed by atoms with Crippen LogP contribution in [0.1, 0.15) is 46.8 Å². The van der Waals surface area contributed by atoms with E-state index in [4.69, 9.17) is 0 Å². The SMILES string of the molecule is Cc1ccc(S(=O)(=O)N2C=CNC(=O)[C@H]2CC(=O)N[C@@H]2CCC(=O)c3ccccc32)cc1. The van der Waals surface area contributed by atoms with Crippen LogP contribution in [0.25, 0.3) is 0 Å². The van der Waals surface area contributed by atoms with Gasteiger partial charge in [0, 0.05) is 24.4 Å². The number of carbonyl (C=O) groups excluding carboxylic acids is 3. The van der Waals surface area contributed by atoms with Gasteiger partial charge in [0.15, 0.2) is 5.78 Å². The Morgan fingerprint density at radius 3 is 2.59 bits per heavy atom. The van der Waals surface area contributed by atoms with E-state index in [9.17, 15) is 22.8 Å². The van der Waals surface area contributed by atoms with Crippen molar-refractivity contribution in [1.82, 2.24) is 14.9 Å². The zero-order valence-corrected chi connectivity index (χ0v) is 18.3. The molecule has 1 aliphatic heterocycles. The molecule has 166 valence electrons. The summed E-state index contributed by atoms with van der Waals surface area (Å²) in [4.78, 5) is 37.5. The summed E-state index contributed by atoms with van der Waals surface area (Å²) in [7, 11) is -4.03. The molecule has 0 bridgehead atoms. The molecule has 9 heteroatoms. The maximum Gasteiger partial charge on any atom is 0.264 e. The van der Waals surface area contributed by atoms with Crippen molar-refractivity contribution in [2.45, 2.75) is 43.2 Å². The van der Waals surface area contributed by atoms with Crippen LogP contribution in [0.15, 0.2) is 65.8 Å². The Balaban J connectivity index is 1.54. The first-order valence-corrected chi connectivity index (χ1v) is 11.7. The number of hydrogen-bond acceptors (Lipinski definition) is 5. The number of aryl methyl sites for hydroxylation is 1. The van der Waals surface area contributed by atoms with Gasteiger partial charge in [0.1, 0.15) is 6.04 Å². The molecular weight excluding hydrogens is 430 g/mol. The van der Waals surface area contributed by atoms with E-state index >= 15 is 0 Å². The van der Waals surface area contributed by atoms with E-state index in [-0.39, 0.29) is 23.1 Å². The zero-order valence-electron chi connectivity index (χ0n) is 17.4. The first kappa shape index (κ1) is 21.8. The minimum Gasteiger partial charge on any atom is -0.349 e. The molecule has 2 amide bonds. The molecule has 2 N–H and O–H groups in total. The third-order valence-corrected chi connectivity index (χ3v) is 7.46. The second-order valence-corrected chi connectivity index (χ2v) is 9.70. The Kier molecular flexibility index (Phi) is 5.84. The van der Waals surface area contributed by atoms with Crippen LogP contribution in [-0.2, 0) is 19.6 Å². The maximum absolute atomic E-state index is 13.2. The van der Waals surface area contributed by atoms with E-state index in [0.717, 1.165) is 15.4 Å². The fourth-order valence-electron chi connectivity index (χ4n) is 3.97. The van der Waals surface area contributed by atoms with Crippen LogP contribution in [0.3, 0.4) is 0 Å². The van der Waals surface area contributed by atoms with Crippen molar-refractivity contribution >= 4 is 27.6 Å². The predicted octanol–water partition coefficient (Wildman–Crippen LogP) is 2.18. The maximum atomic E-state index is 13.2. The van der Waals surface area contributed by atoms with Gasteiger partial charge in [-0.1, -0.05) is 42.0 Å². The van der Waals surface area contributed by atoms with E-state index in [1.165, 1.54) is 24.5 Å². The van der Waals surface area contributed by atoms with Crippen molar-refractivity contribution in [2.75, 3.05) is 0 Å². The molecule has 2 atom stereocenters. The molecule has 1 heterocycles. The van der Waals surface area contributed by atoms with Crippen molar-refractivity contribution < 1.29 is 22.8 Å². The van der Waals surface area contributed by atoms with Gasteiger partial charge in [0.25, 0.3) is 10.0 Å². The van der Waals surface area contributed by atoms with Gasteiger partial charge in [-0.3, -0.25) is 18.7 Å². The molecule has 32 heavy (non-hydrogen) atoms. The van der Waals surface area contributed by atoms with Crippen molar-refractivity contribution in [3.05, 3.63) is 77.6 Å². The summed E-state index contributed by atoms with van der Waals surface area (Å²) in [5, 5.41) is 5.34. The average molecular weight is 454 g/mol. The molecule has 2 aromatic carbocycles. The van der Waals surface area contributed by atoms with Gasteiger partial charge in [0.2, 0.25) is 11.8 Å². The quantitative estimate of drug-likeness (QED) is 0.721. The van der Waals surface area contributed by atoms with Gasteiger partial charge in [-0.25, -0.2) is 8.42 Å². The molecular formula is C23H23N3O5S. The summed E-state index contributed by atoms with van der Waals surface area (Å²) in [5.41, 5.74) is 2.21. The van der Waals surface area contributed by atoms with Crippen LogP contribution in [-0.4, -0.2) is 36.4 Å². The van der Waals surface area contributed by atoms with Gasteiger partial charge < -0.3 is 10.6 Å². The lowest BCUT2D eigenvalue weighted by Gasteiger charge is -2.32. The normalized spacial score (nSPS) is 20.5. The number of carbonyl (C=O) groups is 3. The fourth-order valence-corrected chi connectivity index (χ4v) is 5.42. The molecule has 4 rings (SSSR count). The molecule has 2 aromatic rings. The minimum atomic E-state index is -4.03. The number of amides is 2. The van der Waals surface area contributed by atoms with Crippen LogP contribution in [0.2, 0.25) is 0 Å². The Bertz CT molecular complexity index is 1200. The molecule has 2 aliphatic rings. The lowest BCUT2D eigenvalue weighted by atomic mass is 9.86.